The number of amides is 1. The molecule has 3 heterocycles. The standard InChI is InChI=1S/C21H16ClN5OS2/c22-13-3-1-2-11(8-13)4-6-26-20(28)18-17(24)16-15(12-5-7-29-10-12)14(9-23)19(25)27-21(16)30-18/h1-3,5,7-8,10H,4,6,24H2,(H2,25,27)(H,26,28). The second kappa shape index (κ2) is 8.32. The summed E-state index contributed by atoms with van der Waals surface area (Å²) in [4.78, 5) is 18.0. The van der Waals surface area contributed by atoms with E-state index in [0.717, 1.165) is 11.1 Å². The molecule has 150 valence electrons. The zero-order chi connectivity index (χ0) is 21.3. The number of carbonyl (C=O) groups excluding carboxylic acids is 1. The lowest BCUT2D eigenvalue weighted by Crippen LogP contribution is -2.25. The van der Waals surface area contributed by atoms with E-state index in [1.165, 1.54) is 22.7 Å². The summed E-state index contributed by atoms with van der Waals surface area (Å²) in [5.41, 5.74) is 15.4. The smallest absolute Gasteiger partial charge is 0.263 e. The number of halogens is 1. The number of nitrogens with one attached hydrogen (secondary N) is 1. The molecule has 5 N–H and O–H groups in total. The van der Waals surface area contributed by atoms with Gasteiger partial charge in [-0.2, -0.15) is 16.6 Å². The number of fused-ring (bicyclic) bond motifs is 1. The van der Waals surface area contributed by atoms with E-state index in [1.54, 1.807) is 6.07 Å². The molecule has 0 atom stereocenters. The Morgan fingerprint density at radius 1 is 1.30 bits per heavy atom. The van der Waals surface area contributed by atoms with Crippen LogP contribution in [-0.2, 0) is 6.42 Å². The Labute approximate surface area is 185 Å². The number of thiophene rings is 2. The van der Waals surface area contributed by atoms with E-state index < -0.39 is 0 Å². The van der Waals surface area contributed by atoms with Crippen LogP contribution in [0.25, 0.3) is 21.3 Å². The fourth-order valence-electron chi connectivity index (χ4n) is 3.24. The summed E-state index contributed by atoms with van der Waals surface area (Å²) >= 11 is 8.67. The number of nitriles is 1. The minimum absolute atomic E-state index is 0.125. The van der Waals surface area contributed by atoms with Gasteiger partial charge in [-0.25, -0.2) is 4.98 Å². The van der Waals surface area contributed by atoms with Crippen LogP contribution in [0.3, 0.4) is 0 Å². The average Bonchev–Trinajstić information content (AvgIpc) is 3.35. The zero-order valence-electron chi connectivity index (χ0n) is 15.6. The summed E-state index contributed by atoms with van der Waals surface area (Å²) in [7, 11) is 0. The fraction of sp³-hybridized carbons (Fsp3) is 0.0952. The number of nitrogens with zero attached hydrogens (tertiary/aromatic N) is 2. The Bertz CT molecular complexity index is 1290. The minimum atomic E-state index is -0.286. The largest absolute Gasteiger partial charge is 0.397 e. The van der Waals surface area contributed by atoms with Crippen molar-refractivity contribution in [2.24, 2.45) is 0 Å². The third-order valence-corrected chi connectivity index (χ3v) is 6.64. The molecule has 0 saturated heterocycles. The topological polar surface area (TPSA) is 118 Å². The monoisotopic (exact) mass is 453 g/mol. The van der Waals surface area contributed by atoms with Crippen LogP contribution in [0.15, 0.2) is 41.1 Å². The van der Waals surface area contributed by atoms with Crippen LogP contribution >= 0.6 is 34.3 Å². The molecule has 0 aliphatic heterocycles. The van der Waals surface area contributed by atoms with Crippen molar-refractivity contribution in [2.75, 3.05) is 18.0 Å². The summed E-state index contributed by atoms with van der Waals surface area (Å²) in [5, 5.41) is 17.6. The van der Waals surface area contributed by atoms with Crippen LogP contribution in [-0.4, -0.2) is 17.4 Å². The van der Waals surface area contributed by atoms with Gasteiger partial charge in [0.25, 0.3) is 5.91 Å². The third-order valence-electron chi connectivity index (χ3n) is 4.62. The zero-order valence-corrected chi connectivity index (χ0v) is 18.0. The number of hydrogen-bond donors (Lipinski definition) is 3. The summed E-state index contributed by atoms with van der Waals surface area (Å²) in [6.07, 6.45) is 0.640. The van der Waals surface area contributed by atoms with Gasteiger partial charge in [0, 0.05) is 22.5 Å². The Kier molecular flexibility index (Phi) is 5.59. The summed E-state index contributed by atoms with van der Waals surface area (Å²) in [6, 6.07) is 11.5. The molecule has 0 radical (unpaired) electrons. The minimum Gasteiger partial charge on any atom is -0.397 e. The van der Waals surface area contributed by atoms with Gasteiger partial charge in [0.1, 0.15) is 27.2 Å². The van der Waals surface area contributed by atoms with Crippen molar-refractivity contribution in [3.05, 3.63) is 62.1 Å². The first-order valence-electron chi connectivity index (χ1n) is 8.96. The van der Waals surface area contributed by atoms with Gasteiger partial charge in [-0.1, -0.05) is 23.7 Å². The maximum Gasteiger partial charge on any atom is 0.263 e. The lowest BCUT2D eigenvalue weighted by atomic mass is 9.99. The molecule has 4 aromatic rings. The normalized spacial score (nSPS) is 10.8. The highest BCUT2D eigenvalue weighted by Crippen LogP contribution is 2.42. The Morgan fingerprint density at radius 2 is 2.13 bits per heavy atom. The van der Waals surface area contributed by atoms with Crippen LogP contribution in [0.5, 0.6) is 0 Å². The molecule has 6 nitrogen and oxygen atoms in total. The predicted octanol–water partition coefficient (Wildman–Crippen LogP) is 4.69. The molecule has 1 amide bonds. The SMILES string of the molecule is N#Cc1c(N)nc2sc(C(=O)NCCc3cccc(Cl)c3)c(N)c2c1-c1ccsc1. The first kappa shape index (κ1) is 20.2. The van der Waals surface area contributed by atoms with E-state index in [-0.39, 0.29) is 17.3 Å². The Balaban J connectivity index is 1.67. The van der Waals surface area contributed by atoms with Crippen LogP contribution in [0, 0.1) is 11.3 Å². The number of aromatic nitrogens is 1. The molecule has 30 heavy (non-hydrogen) atoms. The lowest BCUT2D eigenvalue weighted by Gasteiger charge is -2.08. The van der Waals surface area contributed by atoms with E-state index in [9.17, 15) is 10.1 Å². The average molecular weight is 454 g/mol. The van der Waals surface area contributed by atoms with Crippen molar-refractivity contribution >= 4 is 61.9 Å². The second-order valence-electron chi connectivity index (χ2n) is 6.53. The molecular formula is C21H16ClN5OS2. The molecule has 1 aromatic carbocycles. The number of hydrogen-bond acceptors (Lipinski definition) is 7. The molecule has 0 aliphatic rings. The number of carbonyl (C=O) groups is 1. The Morgan fingerprint density at radius 3 is 2.83 bits per heavy atom. The number of rotatable bonds is 5. The molecule has 0 unspecified atom stereocenters. The lowest BCUT2D eigenvalue weighted by molar-refractivity contribution is 0.0959. The summed E-state index contributed by atoms with van der Waals surface area (Å²) in [5.74, 6) is -0.161. The molecular weight excluding hydrogens is 438 g/mol. The number of pyridine rings is 1. The molecule has 0 bridgehead atoms. The van der Waals surface area contributed by atoms with Crippen molar-refractivity contribution in [1.29, 1.82) is 5.26 Å². The van der Waals surface area contributed by atoms with Crippen molar-refractivity contribution in [3.63, 3.8) is 0 Å². The van der Waals surface area contributed by atoms with E-state index >= 15 is 0 Å². The molecule has 0 saturated carbocycles. The van der Waals surface area contributed by atoms with Gasteiger partial charge in [-0.3, -0.25) is 4.79 Å². The van der Waals surface area contributed by atoms with Gasteiger partial charge in [0.05, 0.1) is 5.69 Å². The predicted molar refractivity (Wildman–Crippen MR) is 124 cm³/mol. The number of anilines is 2. The van der Waals surface area contributed by atoms with Crippen molar-refractivity contribution in [1.82, 2.24) is 10.3 Å². The first-order valence-corrected chi connectivity index (χ1v) is 11.1. The van der Waals surface area contributed by atoms with Gasteiger partial charge >= 0.3 is 0 Å². The van der Waals surface area contributed by atoms with Crippen molar-refractivity contribution in [3.8, 4) is 17.2 Å². The van der Waals surface area contributed by atoms with E-state index in [1.807, 2.05) is 35.0 Å². The molecule has 3 aromatic heterocycles. The summed E-state index contributed by atoms with van der Waals surface area (Å²) < 4.78 is 0. The molecule has 9 heteroatoms. The van der Waals surface area contributed by atoms with Gasteiger partial charge in [0.15, 0.2) is 0 Å². The van der Waals surface area contributed by atoms with E-state index in [4.69, 9.17) is 23.1 Å². The molecule has 0 aliphatic carbocycles. The van der Waals surface area contributed by atoms with Crippen LogP contribution in [0.1, 0.15) is 20.8 Å². The quantitative estimate of drug-likeness (QED) is 0.405. The highest BCUT2D eigenvalue weighted by molar-refractivity contribution is 7.21. The number of benzene rings is 1. The molecule has 4 rings (SSSR count). The highest BCUT2D eigenvalue weighted by Gasteiger charge is 2.24. The maximum absolute atomic E-state index is 12.8. The van der Waals surface area contributed by atoms with Gasteiger partial charge in [-0.05, 0) is 46.5 Å². The molecule has 0 spiro atoms. The van der Waals surface area contributed by atoms with E-state index in [2.05, 4.69) is 16.4 Å². The first-order chi connectivity index (χ1) is 14.5. The van der Waals surface area contributed by atoms with Crippen LogP contribution in [0.2, 0.25) is 5.02 Å². The second-order valence-corrected chi connectivity index (χ2v) is 8.75. The number of nitrogen functional groups attached to an aromatic ring is 2. The fourth-order valence-corrected chi connectivity index (χ4v) is 5.13. The highest BCUT2D eigenvalue weighted by atomic mass is 35.5. The van der Waals surface area contributed by atoms with Crippen molar-refractivity contribution < 1.29 is 4.79 Å². The molecule has 0 fully saturated rings. The van der Waals surface area contributed by atoms with Crippen LogP contribution in [0.4, 0.5) is 11.5 Å². The third kappa shape index (κ3) is 3.71. The van der Waals surface area contributed by atoms with Crippen LogP contribution < -0.4 is 16.8 Å². The van der Waals surface area contributed by atoms with E-state index in [0.29, 0.717) is 44.3 Å². The van der Waals surface area contributed by atoms with Crippen molar-refractivity contribution in [2.45, 2.75) is 6.42 Å². The number of nitrogens with two attached hydrogens (primary N) is 2. The summed E-state index contributed by atoms with van der Waals surface area (Å²) in [6.45, 7) is 0.434. The Hall–Kier alpha value is -3.12. The van der Waals surface area contributed by atoms with Gasteiger partial charge < -0.3 is 16.8 Å². The van der Waals surface area contributed by atoms with Gasteiger partial charge in [0.2, 0.25) is 0 Å². The maximum atomic E-state index is 12.8. The van der Waals surface area contributed by atoms with Gasteiger partial charge in [-0.15, -0.1) is 11.3 Å².